The van der Waals surface area contributed by atoms with Gasteiger partial charge in [-0.15, -0.1) is 0 Å². The van der Waals surface area contributed by atoms with E-state index in [0.29, 0.717) is 22.7 Å². The van der Waals surface area contributed by atoms with E-state index in [-0.39, 0.29) is 5.56 Å². The van der Waals surface area contributed by atoms with Gasteiger partial charge in [0.2, 0.25) is 6.10 Å². The molecule has 0 aliphatic carbocycles. The summed E-state index contributed by atoms with van der Waals surface area (Å²) in [6.07, 6.45) is -1.21. The van der Waals surface area contributed by atoms with Crippen LogP contribution in [0, 0.1) is 5.82 Å². The lowest BCUT2D eigenvalue weighted by Crippen LogP contribution is -2.26. The zero-order valence-electron chi connectivity index (χ0n) is 16.4. The van der Waals surface area contributed by atoms with Crippen LogP contribution in [-0.4, -0.2) is 26.1 Å². The summed E-state index contributed by atoms with van der Waals surface area (Å²) in [5.41, 5.74) is 1.07. The van der Waals surface area contributed by atoms with Crippen LogP contribution < -0.4 is 14.8 Å². The van der Waals surface area contributed by atoms with Crippen LogP contribution in [0.1, 0.15) is 22.0 Å². The van der Waals surface area contributed by atoms with E-state index in [4.69, 9.17) is 14.2 Å². The Bertz CT molecular complexity index is 1020. The standard InChI is InChI=1S/C23H20FNO5/c1-28-19-13-8-16(14-20(19)29-2)23(27)30-21(15-6-4-3-5-7-15)22(26)25-18-11-9-17(24)10-12-18/h3-14,21H,1-2H3,(H,25,26)/t21-/m1/s1. The predicted molar refractivity (Wildman–Crippen MR) is 109 cm³/mol. The van der Waals surface area contributed by atoms with Gasteiger partial charge in [0.25, 0.3) is 5.91 Å². The first-order valence-electron chi connectivity index (χ1n) is 9.06. The molecule has 1 atom stereocenters. The highest BCUT2D eigenvalue weighted by Crippen LogP contribution is 2.29. The highest BCUT2D eigenvalue weighted by atomic mass is 19.1. The summed E-state index contributed by atoms with van der Waals surface area (Å²) in [4.78, 5) is 25.6. The van der Waals surface area contributed by atoms with Gasteiger partial charge in [-0.2, -0.15) is 0 Å². The number of methoxy groups -OCH3 is 2. The average molecular weight is 409 g/mol. The molecule has 0 fully saturated rings. The molecule has 3 aromatic carbocycles. The zero-order chi connectivity index (χ0) is 21.5. The topological polar surface area (TPSA) is 73.9 Å². The molecule has 1 N–H and O–H groups in total. The van der Waals surface area contributed by atoms with Crippen LogP contribution in [0.15, 0.2) is 72.8 Å². The minimum atomic E-state index is -1.21. The van der Waals surface area contributed by atoms with Crippen molar-refractivity contribution < 1.29 is 28.2 Å². The van der Waals surface area contributed by atoms with E-state index in [9.17, 15) is 14.0 Å². The maximum absolute atomic E-state index is 13.1. The van der Waals surface area contributed by atoms with Crippen molar-refractivity contribution in [1.82, 2.24) is 0 Å². The van der Waals surface area contributed by atoms with Crippen molar-refractivity contribution in [3.8, 4) is 11.5 Å². The van der Waals surface area contributed by atoms with E-state index in [0.717, 1.165) is 0 Å². The number of hydrogen-bond donors (Lipinski definition) is 1. The molecule has 0 unspecified atom stereocenters. The summed E-state index contributed by atoms with van der Waals surface area (Å²) in [5, 5.41) is 2.64. The largest absolute Gasteiger partial charge is 0.493 e. The number of hydrogen-bond acceptors (Lipinski definition) is 5. The Labute approximate surface area is 173 Å². The van der Waals surface area contributed by atoms with E-state index in [1.165, 1.54) is 50.6 Å². The van der Waals surface area contributed by atoms with Gasteiger partial charge in [-0.05, 0) is 42.5 Å². The van der Waals surface area contributed by atoms with Gasteiger partial charge in [-0.3, -0.25) is 4.79 Å². The number of esters is 1. The van der Waals surface area contributed by atoms with E-state index < -0.39 is 23.8 Å². The van der Waals surface area contributed by atoms with Gasteiger partial charge in [0.05, 0.1) is 19.8 Å². The van der Waals surface area contributed by atoms with Crippen LogP contribution in [0.25, 0.3) is 0 Å². The fourth-order valence-corrected chi connectivity index (χ4v) is 2.78. The van der Waals surface area contributed by atoms with E-state index >= 15 is 0 Å². The third-order valence-corrected chi connectivity index (χ3v) is 4.30. The normalized spacial score (nSPS) is 11.3. The lowest BCUT2D eigenvalue weighted by atomic mass is 10.1. The second kappa shape index (κ2) is 9.56. The number of halogens is 1. The number of benzene rings is 3. The number of amides is 1. The molecule has 0 heterocycles. The Balaban J connectivity index is 1.85. The SMILES string of the molecule is COc1ccc(C(=O)O[C@@H](C(=O)Nc2ccc(F)cc2)c2ccccc2)cc1OC. The van der Waals surface area contributed by atoms with E-state index in [1.807, 2.05) is 0 Å². The fraction of sp³-hybridized carbons (Fsp3) is 0.130. The van der Waals surface area contributed by atoms with Gasteiger partial charge in [0.1, 0.15) is 5.82 Å². The minimum absolute atomic E-state index is 0.197. The Morgan fingerprint density at radius 3 is 2.17 bits per heavy atom. The average Bonchev–Trinajstić information content (AvgIpc) is 2.78. The second-order valence-electron chi connectivity index (χ2n) is 6.26. The number of rotatable bonds is 7. The number of anilines is 1. The quantitative estimate of drug-likeness (QED) is 0.586. The van der Waals surface area contributed by atoms with Crippen molar-refractivity contribution >= 4 is 17.6 Å². The lowest BCUT2D eigenvalue weighted by molar-refractivity contribution is -0.125. The van der Waals surface area contributed by atoms with Gasteiger partial charge >= 0.3 is 5.97 Å². The molecule has 6 nitrogen and oxygen atoms in total. The molecule has 3 aromatic rings. The van der Waals surface area contributed by atoms with Crippen LogP contribution in [0.4, 0.5) is 10.1 Å². The molecule has 1 amide bonds. The molecular formula is C23H20FNO5. The number of carbonyl (C=O) groups is 2. The highest BCUT2D eigenvalue weighted by molar-refractivity contribution is 5.98. The van der Waals surface area contributed by atoms with Crippen molar-refractivity contribution in [2.45, 2.75) is 6.10 Å². The summed E-state index contributed by atoms with van der Waals surface area (Å²) in [6.45, 7) is 0. The second-order valence-corrected chi connectivity index (χ2v) is 6.26. The van der Waals surface area contributed by atoms with Gasteiger partial charge in [-0.1, -0.05) is 30.3 Å². The number of nitrogens with one attached hydrogen (secondary N) is 1. The van der Waals surface area contributed by atoms with Crippen molar-refractivity contribution in [3.63, 3.8) is 0 Å². The summed E-state index contributed by atoms with van der Waals surface area (Å²) >= 11 is 0. The first kappa shape index (κ1) is 20.9. The molecule has 3 rings (SSSR count). The third kappa shape index (κ3) is 4.94. The van der Waals surface area contributed by atoms with Crippen LogP contribution in [0.5, 0.6) is 11.5 Å². The summed E-state index contributed by atoms with van der Waals surface area (Å²) in [7, 11) is 2.94. The molecule has 30 heavy (non-hydrogen) atoms. The fourth-order valence-electron chi connectivity index (χ4n) is 2.78. The predicted octanol–water partition coefficient (Wildman–Crippen LogP) is 4.38. The molecule has 154 valence electrons. The molecule has 7 heteroatoms. The Hall–Kier alpha value is -3.87. The summed E-state index contributed by atoms with van der Waals surface area (Å²) in [5.74, 6) is -0.880. The van der Waals surface area contributed by atoms with Gasteiger partial charge in [0.15, 0.2) is 11.5 Å². The first-order valence-corrected chi connectivity index (χ1v) is 9.06. The maximum Gasteiger partial charge on any atom is 0.339 e. The summed E-state index contributed by atoms with van der Waals surface area (Å²) in [6, 6.07) is 18.5. The van der Waals surface area contributed by atoms with E-state index in [2.05, 4.69) is 5.32 Å². The van der Waals surface area contributed by atoms with Crippen LogP contribution in [0.2, 0.25) is 0 Å². The van der Waals surface area contributed by atoms with Gasteiger partial charge in [-0.25, -0.2) is 9.18 Å². The smallest absolute Gasteiger partial charge is 0.339 e. The van der Waals surface area contributed by atoms with Crippen molar-refractivity contribution in [1.29, 1.82) is 0 Å². The summed E-state index contributed by atoms with van der Waals surface area (Å²) < 4.78 is 29.0. The third-order valence-electron chi connectivity index (χ3n) is 4.30. The zero-order valence-corrected chi connectivity index (χ0v) is 16.4. The first-order chi connectivity index (χ1) is 14.5. The van der Waals surface area contributed by atoms with Crippen molar-refractivity contribution in [3.05, 3.63) is 89.7 Å². The molecule has 0 saturated heterocycles. The molecule has 0 aliphatic rings. The number of ether oxygens (including phenoxy) is 3. The maximum atomic E-state index is 13.1. The molecule has 0 bridgehead atoms. The minimum Gasteiger partial charge on any atom is -0.493 e. The van der Waals surface area contributed by atoms with Gasteiger partial charge in [0, 0.05) is 11.3 Å². The molecule has 0 radical (unpaired) electrons. The molecular weight excluding hydrogens is 389 g/mol. The highest BCUT2D eigenvalue weighted by Gasteiger charge is 2.26. The van der Waals surface area contributed by atoms with Gasteiger partial charge < -0.3 is 19.5 Å². The Morgan fingerprint density at radius 1 is 0.867 bits per heavy atom. The Kier molecular flexibility index (Phi) is 6.64. The van der Waals surface area contributed by atoms with E-state index in [1.54, 1.807) is 36.4 Å². The molecule has 0 aliphatic heterocycles. The van der Waals surface area contributed by atoms with Crippen LogP contribution in [0.3, 0.4) is 0 Å². The lowest BCUT2D eigenvalue weighted by Gasteiger charge is -2.18. The van der Waals surface area contributed by atoms with Crippen molar-refractivity contribution in [2.75, 3.05) is 19.5 Å². The van der Waals surface area contributed by atoms with Crippen LogP contribution in [-0.2, 0) is 9.53 Å². The molecule has 0 aromatic heterocycles. The monoisotopic (exact) mass is 409 g/mol. The molecule has 0 saturated carbocycles. The van der Waals surface area contributed by atoms with Crippen LogP contribution >= 0.6 is 0 Å². The molecule has 0 spiro atoms. The van der Waals surface area contributed by atoms with Crippen molar-refractivity contribution in [2.24, 2.45) is 0 Å². The Morgan fingerprint density at radius 2 is 1.53 bits per heavy atom. The number of carbonyl (C=O) groups excluding carboxylic acids is 2.